The highest BCUT2D eigenvalue weighted by Gasteiger charge is 1.95. The zero-order valence-corrected chi connectivity index (χ0v) is 16.4. The molecule has 0 saturated heterocycles. The normalized spacial score (nSPS) is 10.7. The van der Waals surface area contributed by atoms with Gasteiger partial charge in [-0.3, -0.25) is 0 Å². The molecule has 1 N–H and O–H groups in total. The van der Waals surface area contributed by atoms with Crippen LogP contribution in [-0.4, -0.2) is 13.3 Å². The van der Waals surface area contributed by atoms with Crippen molar-refractivity contribution in [1.82, 2.24) is 5.32 Å². The van der Waals surface area contributed by atoms with Crippen molar-refractivity contribution in [3.05, 3.63) is 12.3 Å². The topological polar surface area (TPSA) is 29.1 Å². The highest BCUT2D eigenvalue weighted by Crippen LogP contribution is 2.14. The summed E-state index contributed by atoms with van der Waals surface area (Å²) >= 11 is 0. The number of allylic oxidation sites excluding steroid dienone is 1. The molecule has 0 fully saturated rings. The Morgan fingerprint density at radius 2 is 1.00 bits per heavy atom. The van der Waals surface area contributed by atoms with Gasteiger partial charge in [-0.25, -0.2) is 0 Å². The van der Waals surface area contributed by atoms with Crippen molar-refractivity contribution in [2.24, 2.45) is 0 Å². The number of hydrogen-bond donors (Lipinski definition) is 1. The lowest BCUT2D eigenvalue weighted by Gasteiger charge is -2.05. The van der Waals surface area contributed by atoms with Gasteiger partial charge in [0.15, 0.2) is 0 Å². The number of carbonyl (C=O) groups is 1. The zero-order chi connectivity index (χ0) is 17.7. The maximum atomic E-state index is 10.2. The van der Waals surface area contributed by atoms with Crippen molar-refractivity contribution in [3.63, 3.8) is 0 Å². The van der Waals surface area contributed by atoms with E-state index in [0.717, 1.165) is 25.5 Å². The Balaban J connectivity index is 3.00. The van der Waals surface area contributed by atoms with Crippen LogP contribution in [0.15, 0.2) is 12.3 Å². The van der Waals surface area contributed by atoms with E-state index in [1.165, 1.54) is 102 Å². The van der Waals surface area contributed by atoms with E-state index in [9.17, 15) is 4.79 Å². The Bertz CT molecular complexity index is 275. The Morgan fingerprint density at radius 3 is 1.33 bits per heavy atom. The number of hydrogen-bond acceptors (Lipinski definition) is 2. The van der Waals surface area contributed by atoms with Crippen molar-refractivity contribution in [1.29, 1.82) is 0 Å². The third-order valence-electron chi connectivity index (χ3n) is 4.90. The molecule has 0 atom stereocenters. The van der Waals surface area contributed by atoms with Crippen LogP contribution in [0, 0.1) is 0 Å². The smallest absolute Gasteiger partial charge is 0.119 e. The van der Waals surface area contributed by atoms with Gasteiger partial charge in [0.05, 0.1) is 0 Å². The second-order valence-corrected chi connectivity index (χ2v) is 7.22. The molecule has 0 radical (unpaired) electrons. The minimum Gasteiger partial charge on any atom is -0.392 e. The lowest BCUT2D eigenvalue weighted by atomic mass is 10.0. The fraction of sp³-hybridized carbons (Fsp3) is 0.864. The summed E-state index contributed by atoms with van der Waals surface area (Å²) < 4.78 is 0. The minimum absolute atomic E-state index is 0.756. The fourth-order valence-electron chi connectivity index (χ4n) is 3.17. The van der Waals surface area contributed by atoms with Crippen LogP contribution < -0.4 is 5.32 Å². The first kappa shape index (κ1) is 23.2. The van der Waals surface area contributed by atoms with E-state index >= 15 is 0 Å². The molecule has 0 unspecified atom stereocenters. The van der Waals surface area contributed by atoms with Gasteiger partial charge < -0.3 is 10.1 Å². The first-order chi connectivity index (χ1) is 11.8. The highest BCUT2D eigenvalue weighted by molar-refractivity contribution is 5.48. The maximum absolute atomic E-state index is 10.2. The van der Waals surface area contributed by atoms with Gasteiger partial charge >= 0.3 is 0 Å². The average molecular weight is 338 g/mol. The summed E-state index contributed by atoms with van der Waals surface area (Å²) in [6.45, 7) is 3.96. The third-order valence-corrected chi connectivity index (χ3v) is 4.90. The minimum atomic E-state index is 0.756. The molecule has 24 heavy (non-hydrogen) atoms. The number of rotatable bonds is 20. The molecule has 0 rings (SSSR count). The van der Waals surface area contributed by atoms with Gasteiger partial charge in [-0.05, 0) is 19.3 Å². The highest BCUT2D eigenvalue weighted by atomic mass is 16.1. The van der Waals surface area contributed by atoms with Gasteiger partial charge in [0.2, 0.25) is 0 Å². The number of unbranched alkanes of at least 4 members (excludes halogenated alkanes) is 16. The van der Waals surface area contributed by atoms with Crippen molar-refractivity contribution in [2.45, 2.75) is 116 Å². The average Bonchev–Trinajstić information content (AvgIpc) is 2.60. The second-order valence-electron chi connectivity index (χ2n) is 7.22. The zero-order valence-electron chi connectivity index (χ0n) is 16.4. The van der Waals surface area contributed by atoms with Crippen molar-refractivity contribution >= 4 is 6.29 Å². The van der Waals surface area contributed by atoms with Crippen LogP contribution in [0.25, 0.3) is 0 Å². The van der Waals surface area contributed by atoms with Crippen molar-refractivity contribution in [2.75, 3.05) is 7.05 Å². The largest absolute Gasteiger partial charge is 0.392 e. The van der Waals surface area contributed by atoms with E-state index in [0.29, 0.717) is 0 Å². The molecule has 0 spiro atoms. The fourth-order valence-corrected chi connectivity index (χ4v) is 3.17. The predicted molar refractivity (Wildman–Crippen MR) is 107 cm³/mol. The summed E-state index contributed by atoms with van der Waals surface area (Å²) in [7, 11) is 1.96. The Kier molecular flexibility index (Phi) is 19.6. The molecule has 0 saturated carbocycles. The molecule has 0 aliphatic rings. The van der Waals surface area contributed by atoms with Gasteiger partial charge in [-0.1, -0.05) is 96.5 Å². The van der Waals surface area contributed by atoms with Crippen molar-refractivity contribution in [3.8, 4) is 0 Å². The molecular weight excluding hydrogens is 294 g/mol. The number of nitrogens with one attached hydrogen (secondary N) is 1. The van der Waals surface area contributed by atoms with E-state index in [1.807, 2.05) is 7.05 Å². The van der Waals surface area contributed by atoms with Gasteiger partial charge in [0.25, 0.3) is 0 Å². The Morgan fingerprint density at radius 1 is 0.667 bits per heavy atom. The van der Waals surface area contributed by atoms with E-state index in [-0.39, 0.29) is 0 Å². The maximum Gasteiger partial charge on any atom is 0.119 e. The van der Waals surface area contributed by atoms with Crippen LogP contribution in [0.2, 0.25) is 0 Å². The van der Waals surface area contributed by atoms with E-state index in [4.69, 9.17) is 0 Å². The summed E-state index contributed by atoms with van der Waals surface area (Å²) in [5.74, 6) is 0. The van der Waals surface area contributed by atoms with Gasteiger partial charge in [0.1, 0.15) is 6.29 Å². The van der Waals surface area contributed by atoms with Crippen LogP contribution in [0.4, 0.5) is 0 Å². The molecule has 142 valence electrons. The first-order valence-corrected chi connectivity index (χ1v) is 10.6. The monoisotopic (exact) mass is 337 g/mol. The standard InChI is InChI=1S/C22H43NO/c1-22(23-2)20-18-16-14-12-10-8-6-4-3-5-7-9-11-13-15-17-19-21-24/h21,23H,1,3-20H2,2H3. The molecule has 0 aromatic rings. The SMILES string of the molecule is C=C(CCCCCCCCCCCCCCCCCCC=O)NC. The first-order valence-electron chi connectivity index (χ1n) is 10.6. The van der Waals surface area contributed by atoms with Gasteiger partial charge in [-0.2, -0.15) is 0 Å². The molecule has 2 heteroatoms. The summed E-state index contributed by atoms with van der Waals surface area (Å²) in [4.78, 5) is 10.2. The Labute approximate surface area is 151 Å². The van der Waals surface area contributed by atoms with Gasteiger partial charge in [0, 0.05) is 19.2 Å². The third kappa shape index (κ3) is 19.3. The summed E-state index contributed by atoms with van der Waals surface area (Å²) in [5.41, 5.74) is 1.17. The quantitative estimate of drug-likeness (QED) is 0.192. The van der Waals surface area contributed by atoms with Crippen LogP contribution >= 0.6 is 0 Å². The van der Waals surface area contributed by atoms with Crippen LogP contribution in [0.3, 0.4) is 0 Å². The summed E-state index contributed by atoms with van der Waals surface area (Å²) in [5, 5.41) is 3.12. The lowest BCUT2D eigenvalue weighted by Crippen LogP contribution is -2.03. The summed E-state index contributed by atoms with van der Waals surface area (Å²) in [6.07, 6.45) is 24.8. The molecule has 0 amide bonds. The van der Waals surface area contributed by atoms with Crippen LogP contribution in [0.5, 0.6) is 0 Å². The predicted octanol–water partition coefficient (Wildman–Crippen LogP) is 6.94. The van der Waals surface area contributed by atoms with E-state index < -0.39 is 0 Å². The Hall–Kier alpha value is -0.790. The molecule has 0 aromatic heterocycles. The summed E-state index contributed by atoms with van der Waals surface area (Å²) in [6, 6.07) is 0. The van der Waals surface area contributed by atoms with Gasteiger partial charge in [-0.15, -0.1) is 0 Å². The van der Waals surface area contributed by atoms with Crippen molar-refractivity contribution < 1.29 is 4.79 Å². The lowest BCUT2D eigenvalue weighted by molar-refractivity contribution is -0.107. The molecule has 2 nitrogen and oxygen atoms in total. The molecule has 0 heterocycles. The molecular formula is C22H43NO. The number of carbonyl (C=O) groups excluding carboxylic acids is 1. The van der Waals surface area contributed by atoms with E-state index in [1.54, 1.807) is 0 Å². The molecule has 0 bridgehead atoms. The van der Waals surface area contributed by atoms with Crippen LogP contribution in [0.1, 0.15) is 116 Å². The molecule has 0 aromatic carbocycles. The van der Waals surface area contributed by atoms with E-state index in [2.05, 4.69) is 11.9 Å². The molecule has 0 aliphatic heterocycles. The van der Waals surface area contributed by atoms with Crippen LogP contribution in [-0.2, 0) is 4.79 Å². The number of aldehydes is 1. The second kappa shape index (κ2) is 20.3. The molecule has 0 aliphatic carbocycles.